The first-order valence-electron chi connectivity index (χ1n) is 4.82. The number of aromatic hydroxyl groups is 1. The molecule has 1 heterocycles. The van der Waals surface area contributed by atoms with E-state index >= 15 is 0 Å². The zero-order chi connectivity index (χ0) is 9.10. The van der Waals surface area contributed by atoms with Crippen LogP contribution in [0.3, 0.4) is 0 Å². The van der Waals surface area contributed by atoms with Gasteiger partial charge in [-0.2, -0.15) is 0 Å². The maximum Gasteiger partial charge on any atom is 0.139 e. The maximum atomic E-state index is 9.59. The van der Waals surface area contributed by atoms with Crippen molar-refractivity contribution in [2.45, 2.75) is 19.3 Å². The molecular weight excluding hydrogens is 162 g/mol. The molecule has 0 saturated carbocycles. The van der Waals surface area contributed by atoms with Crippen LogP contribution in [0.15, 0.2) is 18.2 Å². The standard InChI is InChI=1S/C11H14NO/c13-11-7-3-2-6-10(11)12-8-4-1-5-9-12/h2-3,7,13H,1,4-5,8-9H2. The molecule has 0 amide bonds. The van der Waals surface area contributed by atoms with Gasteiger partial charge in [-0.25, -0.2) is 0 Å². The number of rotatable bonds is 1. The lowest BCUT2D eigenvalue weighted by molar-refractivity contribution is 0.469. The molecule has 0 atom stereocenters. The highest BCUT2D eigenvalue weighted by atomic mass is 16.3. The van der Waals surface area contributed by atoms with Gasteiger partial charge in [0.25, 0.3) is 0 Å². The molecule has 1 aliphatic rings. The zero-order valence-electron chi connectivity index (χ0n) is 7.66. The van der Waals surface area contributed by atoms with Gasteiger partial charge in [-0.3, -0.25) is 0 Å². The molecule has 0 bridgehead atoms. The van der Waals surface area contributed by atoms with Gasteiger partial charge in [0.2, 0.25) is 0 Å². The minimum Gasteiger partial charge on any atom is -0.506 e. The SMILES string of the molecule is Oc1ccc[c]c1N1CCCCC1. The van der Waals surface area contributed by atoms with E-state index in [1.54, 1.807) is 6.07 Å². The number of phenols is 1. The lowest BCUT2D eigenvalue weighted by Crippen LogP contribution is -2.29. The summed E-state index contributed by atoms with van der Waals surface area (Å²) in [7, 11) is 0. The van der Waals surface area contributed by atoms with Gasteiger partial charge >= 0.3 is 0 Å². The number of para-hydroxylation sites is 1. The summed E-state index contributed by atoms with van der Waals surface area (Å²) in [6, 6.07) is 8.46. The van der Waals surface area contributed by atoms with Gasteiger partial charge in [0.15, 0.2) is 0 Å². The van der Waals surface area contributed by atoms with Gasteiger partial charge in [0.05, 0.1) is 5.69 Å². The molecule has 2 heteroatoms. The number of phenolic OH excluding ortho intramolecular Hbond substituents is 1. The van der Waals surface area contributed by atoms with E-state index in [0.717, 1.165) is 18.8 Å². The molecule has 2 nitrogen and oxygen atoms in total. The second-order valence-electron chi connectivity index (χ2n) is 3.45. The van der Waals surface area contributed by atoms with Crippen LogP contribution in [0.25, 0.3) is 0 Å². The van der Waals surface area contributed by atoms with E-state index < -0.39 is 0 Å². The van der Waals surface area contributed by atoms with E-state index in [9.17, 15) is 5.11 Å². The Morgan fingerprint density at radius 3 is 2.69 bits per heavy atom. The third kappa shape index (κ3) is 1.77. The Balaban J connectivity index is 2.18. The van der Waals surface area contributed by atoms with Crippen LogP contribution >= 0.6 is 0 Å². The van der Waals surface area contributed by atoms with Crippen LogP contribution in [0, 0.1) is 6.07 Å². The lowest BCUT2D eigenvalue weighted by atomic mass is 10.1. The summed E-state index contributed by atoms with van der Waals surface area (Å²) in [5.41, 5.74) is 0.863. The predicted octanol–water partition coefficient (Wildman–Crippen LogP) is 2.18. The summed E-state index contributed by atoms with van der Waals surface area (Å²) in [6.45, 7) is 2.10. The van der Waals surface area contributed by atoms with Gasteiger partial charge in [-0.05, 0) is 25.3 Å². The van der Waals surface area contributed by atoms with Crippen LogP contribution < -0.4 is 4.90 Å². The fourth-order valence-corrected chi connectivity index (χ4v) is 1.79. The molecular formula is C11H14NO. The Bertz CT molecular complexity index is 279. The third-order valence-corrected chi connectivity index (χ3v) is 2.49. The first kappa shape index (κ1) is 8.42. The van der Waals surface area contributed by atoms with Gasteiger partial charge in [0, 0.05) is 19.2 Å². The molecule has 0 aromatic heterocycles. The number of piperidine rings is 1. The van der Waals surface area contributed by atoms with Crippen molar-refractivity contribution < 1.29 is 5.11 Å². The molecule has 2 rings (SSSR count). The summed E-state index contributed by atoms with van der Waals surface area (Å²) in [6.07, 6.45) is 3.76. The van der Waals surface area contributed by atoms with Crippen molar-refractivity contribution in [1.29, 1.82) is 0 Å². The Kier molecular flexibility index (Phi) is 2.39. The fourth-order valence-electron chi connectivity index (χ4n) is 1.79. The largest absolute Gasteiger partial charge is 0.506 e. The molecule has 1 aromatic carbocycles. The summed E-state index contributed by atoms with van der Waals surface area (Å²) in [5, 5.41) is 9.59. The second-order valence-corrected chi connectivity index (χ2v) is 3.45. The first-order valence-corrected chi connectivity index (χ1v) is 4.82. The fraction of sp³-hybridized carbons (Fsp3) is 0.455. The number of hydrogen-bond donors (Lipinski definition) is 1. The number of nitrogens with zero attached hydrogens (tertiary/aromatic N) is 1. The molecule has 1 aromatic rings. The van der Waals surface area contributed by atoms with E-state index in [-0.39, 0.29) is 0 Å². The number of anilines is 1. The van der Waals surface area contributed by atoms with Crippen LogP contribution in [0.1, 0.15) is 19.3 Å². The van der Waals surface area contributed by atoms with Crippen molar-refractivity contribution in [2.24, 2.45) is 0 Å². The normalized spacial score (nSPS) is 17.4. The zero-order valence-corrected chi connectivity index (χ0v) is 7.66. The van der Waals surface area contributed by atoms with Gasteiger partial charge < -0.3 is 10.0 Å². The van der Waals surface area contributed by atoms with Crippen LogP contribution in [0.4, 0.5) is 5.69 Å². The van der Waals surface area contributed by atoms with E-state index in [0.29, 0.717) is 5.75 Å². The Morgan fingerprint density at radius 2 is 2.00 bits per heavy atom. The predicted molar refractivity (Wildman–Crippen MR) is 53.0 cm³/mol. The van der Waals surface area contributed by atoms with Gasteiger partial charge in [-0.1, -0.05) is 12.1 Å². The van der Waals surface area contributed by atoms with Gasteiger partial charge in [0.1, 0.15) is 5.75 Å². The third-order valence-electron chi connectivity index (χ3n) is 2.49. The van der Waals surface area contributed by atoms with E-state index in [4.69, 9.17) is 0 Å². The van der Waals surface area contributed by atoms with Crippen molar-refractivity contribution in [1.82, 2.24) is 0 Å². The van der Waals surface area contributed by atoms with Crippen molar-refractivity contribution >= 4 is 5.69 Å². The minimum atomic E-state index is 0.351. The van der Waals surface area contributed by atoms with Crippen molar-refractivity contribution in [2.75, 3.05) is 18.0 Å². The molecule has 0 unspecified atom stereocenters. The van der Waals surface area contributed by atoms with Gasteiger partial charge in [-0.15, -0.1) is 0 Å². The average molecular weight is 176 g/mol. The van der Waals surface area contributed by atoms with E-state index in [2.05, 4.69) is 11.0 Å². The lowest BCUT2D eigenvalue weighted by Gasteiger charge is -2.28. The monoisotopic (exact) mass is 176 g/mol. The Morgan fingerprint density at radius 1 is 1.23 bits per heavy atom. The Hall–Kier alpha value is -1.18. The highest BCUT2D eigenvalue weighted by Gasteiger charge is 2.13. The summed E-state index contributed by atoms with van der Waals surface area (Å²) >= 11 is 0. The van der Waals surface area contributed by atoms with Crippen LogP contribution in [0.2, 0.25) is 0 Å². The van der Waals surface area contributed by atoms with Crippen molar-refractivity contribution in [3.63, 3.8) is 0 Å². The molecule has 1 fully saturated rings. The molecule has 1 N–H and O–H groups in total. The topological polar surface area (TPSA) is 23.5 Å². The van der Waals surface area contributed by atoms with E-state index in [1.807, 2.05) is 12.1 Å². The van der Waals surface area contributed by atoms with Crippen LogP contribution in [0.5, 0.6) is 5.75 Å². The number of hydrogen-bond acceptors (Lipinski definition) is 2. The van der Waals surface area contributed by atoms with E-state index in [1.165, 1.54) is 19.3 Å². The molecule has 1 aliphatic heterocycles. The smallest absolute Gasteiger partial charge is 0.139 e. The van der Waals surface area contributed by atoms with Crippen molar-refractivity contribution in [3.05, 3.63) is 24.3 Å². The van der Waals surface area contributed by atoms with Crippen molar-refractivity contribution in [3.8, 4) is 5.75 Å². The summed E-state index contributed by atoms with van der Waals surface area (Å²) in [5.74, 6) is 0.351. The second kappa shape index (κ2) is 3.69. The maximum absolute atomic E-state index is 9.59. The summed E-state index contributed by atoms with van der Waals surface area (Å²) < 4.78 is 0. The molecule has 13 heavy (non-hydrogen) atoms. The highest BCUT2D eigenvalue weighted by Crippen LogP contribution is 2.27. The minimum absolute atomic E-state index is 0.351. The average Bonchev–Trinajstić information content (AvgIpc) is 2.20. The quantitative estimate of drug-likeness (QED) is 0.709. The molecule has 69 valence electrons. The molecule has 0 spiro atoms. The summed E-state index contributed by atoms with van der Waals surface area (Å²) in [4.78, 5) is 2.21. The molecule has 1 radical (unpaired) electrons. The number of benzene rings is 1. The first-order chi connectivity index (χ1) is 6.38. The van der Waals surface area contributed by atoms with Crippen LogP contribution in [-0.2, 0) is 0 Å². The molecule has 0 aliphatic carbocycles. The Labute approximate surface area is 78.8 Å². The van der Waals surface area contributed by atoms with Crippen LogP contribution in [-0.4, -0.2) is 18.2 Å². The molecule has 1 saturated heterocycles. The highest BCUT2D eigenvalue weighted by molar-refractivity contribution is 5.56.